The molecule has 2 aromatic carbocycles. The molecule has 2 heterocycles. The van der Waals surface area contributed by atoms with E-state index in [0.717, 1.165) is 35.5 Å². The maximum Gasteiger partial charge on any atom is 0.416 e. The first-order valence-electron chi connectivity index (χ1n) is 10.1. The fourth-order valence-corrected chi connectivity index (χ4v) is 3.64. The molecule has 172 valence electrons. The molecule has 1 aliphatic heterocycles. The number of hydrogen-bond acceptors (Lipinski definition) is 5. The number of Topliss-reactive ketones (excluding diaryl/α,β-unsaturated/α-hetero) is 1. The first kappa shape index (κ1) is 22.4. The Kier molecular flexibility index (Phi) is 5.88. The van der Waals surface area contributed by atoms with Crippen LogP contribution in [0.3, 0.4) is 0 Å². The number of ketones is 1. The van der Waals surface area contributed by atoms with Crippen LogP contribution in [0.5, 0.6) is 11.5 Å². The lowest BCUT2D eigenvalue weighted by molar-refractivity contribution is -0.137. The van der Waals surface area contributed by atoms with Gasteiger partial charge in [0, 0.05) is 23.5 Å². The van der Waals surface area contributed by atoms with Gasteiger partial charge >= 0.3 is 12.1 Å². The van der Waals surface area contributed by atoms with Gasteiger partial charge in [-0.25, -0.2) is 4.79 Å². The first-order valence-corrected chi connectivity index (χ1v) is 10.1. The lowest BCUT2D eigenvalue weighted by Gasteiger charge is -2.11. The third-order valence-electron chi connectivity index (χ3n) is 5.43. The first-order chi connectivity index (χ1) is 15.6. The van der Waals surface area contributed by atoms with E-state index in [1.165, 1.54) is 0 Å². The number of rotatable bonds is 6. The SMILES string of the molecule is Cc1cc(C(=O)COC(=O)c2ccc(C(F)(F)F)cc2)c(C)n1Cc1ccc2c(c1)OCO2. The monoisotopic (exact) mass is 459 g/mol. The Hall–Kier alpha value is -3.75. The van der Waals surface area contributed by atoms with Crippen molar-refractivity contribution in [1.29, 1.82) is 0 Å². The minimum atomic E-state index is -4.50. The Labute approximate surface area is 187 Å². The van der Waals surface area contributed by atoms with Crippen LogP contribution in [-0.4, -0.2) is 29.7 Å². The number of hydrogen-bond donors (Lipinski definition) is 0. The van der Waals surface area contributed by atoms with E-state index in [1.54, 1.807) is 13.0 Å². The maximum absolute atomic E-state index is 12.7. The molecule has 1 aliphatic rings. The van der Waals surface area contributed by atoms with Crippen molar-refractivity contribution in [2.45, 2.75) is 26.6 Å². The minimum Gasteiger partial charge on any atom is -0.454 e. The van der Waals surface area contributed by atoms with Crippen LogP contribution in [0.2, 0.25) is 0 Å². The molecule has 0 spiro atoms. The zero-order chi connectivity index (χ0) is 23.8. The smallest absolute Gasteiger partial charge is 0.416 e. The van der Waals surface area contributed by atoms with Crippen LogP contribution in [0.4, 0.5) is 13.2 Å². The Morgan fingerprint density at radius 3 is 2.39 bits per heavy atom. The van der Waals surface area contributed by atoms with Crippen LogP contribution in [0.25, 0.3) is 0 Å². The van der Waals surface area contributed by atoms with E-state index in [9.17, 15) is 22.8 Å². The molecule has 0 saturated carbocycles. The lowest BCUT2D eigenvalue weighted by atomic mass is 10.1. The van der Waals surface area contributed by atoms with Gasteiger partial charge in [0.15, 0.2) is 18.1 Å². The number of carbonyl (C=O) groups is 2. The largest absolute Gasteiger partial charge is 0.454 e. The number of alkyl halides is 3. The van der Waals surface area contributed by atoms with Crippen molar-refractivity contribution in [2.75, 3.05) is 13.4 Å². The summed E-state index contributed by atoms with van der Waals surface area (Å²) in [4.78, 5) is 24.8. The van der Waals surface area contributed by atoms with Crippen LogP contribution >= 0.6 is 0 Å². The van der Waals surface area contributed by atoms with Crippen molar-refractivity contribution in [3.05, 3.63) is 82.2 Å². The number of carbonyl (C=O) groups excluding carboxylic acids is 2. The van der Waals surface area contributed by atoms with Gasteiger partial charge in [0.1, 0.15) is 0 Å². The number of benzene rings is 2. The van der Waals surface area contributed by atoms with E-state index in [0.29, 0.717) is 29.3 Å². The molecule has 0 aliphatic carbocycles. The molecule has 0 fully saturated rings. The van der Waals surface area contributed by atoms with E-state index < -0.39 is 30.1 Å². The second-order valence-electron chi connectivity index (χ2n) is 7.63. The average Bonchev–Trinajstić information content (AvgIpc) is 3.36. The van der Waals surface area contributed by atoms with E-state index in [4.69, 9.17) is 14.2 Å². The second kappa shape index (κ2) is 8.65. The summed E-state index contributed by atoms with van der Waals surface area (Å²) in [5, 5.41) is 0. The van der Waals surface area contributed by atoms with Crippen LogP contribution in [0.15, 0.2) is 48.5 Å². The molecule has 0 unspecified atom stereocenters. The highest BCUT2D eigenvalue weighted by Gasteiger charge is 2.30. The summed E-state index contributed by atoms with van der Waals surface area (Å²) in [6.07, 6.45) is -4.50. The number of nitrogens with zero attached hydrogens (tertiary/aromatic N) is 1. The normalized spacial score (nSPS) is 12.6. The molecular weight excluding hydrogens is 439 g/mol. The summed E-state index contributed by atoms with van der Waals surface area (Å²) in [5.74, 6) is 0.0819. The summed E-state index contributed by atoms with van der Waals surface area (Å²) in [7, 11) is 0. The van der Waals surface area contributed by atoms with Crippen LogP contribution < -0.4 is 9.47 Å². The highest BCUT2D eigenvalue weighted by Crippen LogP contribution is 2.33. The fourth-order valence-electron chi connectivity index (χ4n) is 3.64. The number of ether oxygens (including phenoxy) is 3. The standard InChI is InChI=1S/C24H20F3NO5/c1-14-9-19(15(2)28(14)11-16-3-8-21-22(10-16)33-13-32-21)20(29)12-31-23(30)17-4-6-18(7-5-17)24(25,26)27/h3-10H,11-13H2,1-2H3. The van der Waals surface area contributed by atoms with Gasteiger partial charge in [-0.3, -0.25) is 4.79 Å². The van der Waals surface area contributed by atoms with Gasteiger partial charge in [0.2, 0.25) is 12.6 Å². The highest BCUT2D eigenvalue weighted by atomic mass is 19.4. The van der Waals surface area contributed by atoms with Crippen molar-refractivity contribution in [1.82, 2.24) is 4.57 Å². The maximum atomic E-state index is 12.7. The predicted octanol–water partition coefficient (Wildman–Crippen LogP) is 4.94. The Morgan fingerprint density at radius 2 is 1.70 bits per heavy atom. The number of fused-ring (bicyclic) bond motifs is 1. The van der Waals surface area contributed by atoms with Crippen LogP contribution in [-0.2, 0) is 17.5 Å². The molecule has 9 heteroatoms. The summed E-state index contributed by atoms with van der Waals surface area (Å²) >= 11 is 0. The van der Waals surface area contributed by atoms with Crippen molar-refractivity contribution in [3.8, 4) is 11.5 Å². The summed E-state index contributed by atoms with van der Waals surface area (Å²) in [6.45, 7) is 3.83. The number of aryl methyl sites for hydroxylation is 1. The van der Waals surface area contributed by atoms with Crippen LogP contribution in [0.1, 0.15) is 43.2 Å². The average molecular weight is 459 g/mol. The van der Waals surface area contributed by atoms with E-state index in [-0.39, 0.29) is 12.4 Å². The Morgan fingerprint density at radius 1 is 1.00 bits per heavy atom. The summed E-state index contributed by atoms with van der Waals surface area (Å²) in [6, 6.07) is 11.0. The van der Waals surface area contributed by atoms with Crippen molar-refractivity contribution >= 4 is 11.8 Å². The van der Waals surface area contributed by atoms with Crippen LogP contribution in [0, 0.1) is 13.8 Å². The van der Waals surface area contributed by atoms with Crippen molar-refractivity contribution < 1.29 is 37.0 Å². The van der Waals surface area contributed by atoms with E-state index >= 15 is 0 Å². The minimum absolute atomic E-state index is 0.0657. The molecule has 0 amide bonds. The van der Waals surface area contributed by atoms with Gasteiger partial charge < -0.3 is 18.8 Å². The van der Waals surface area contributed by atoms with Gasteiger partial charge in [-0.1, -0.05) is 6.07 Å². The molecule has 0 bridgehead atoms. The molecule has 0 N–H and O–H groups in total. The molecule has 1 aromatic heterocycles. The molecule has 4 rings (SSSR count). The number of esters is 1. The van der Waals surface area contributed by atoms with Gasteiger partial charge in [0.05, 0.1) is 11.1 Å². The topological polar surface area (TPSA) is 66.8 Å². The van der Waals surface area contributed by atoms with Gasteiger partial charge in [-0.05, 0) is 61.9 Å². The van der Waals surface area contributed by atoms with Gasteiger partial charge in [0.25, 0.3) is 0 Å². The van der Waals surface area contributed by atoms with Gasteiger partial charge in [-0.15, -0.1) is 0 Å². The molecule has 3 aromatic rings. The molecule has 6 nitrogen and oxygen atoms in total. The van der Waals surface area contributed by atoms with Gasteiger partial charge in [-0.2, -0.15) is 13.2 Å². The fraction of sp³-hybridized carbons (Fsp3) is 0.250. The van der Waals surface area contributed by atoms with Crippen molar-refractivity contribution in [3.63, 3.8) is 0 Å². The highest BCUT2D eigenvalue weighted by molar-refractivity contribution is 6.00. The molecule has 33 heavy (non-hydrogen) atoms. The number of halogens is 3. The lowest BCUT2D eigenvalue weighted by Crippen LogP contribution is -2.15. The van der Waals surface area contributed by atoms with E-state index in [2.05, 4.69) is 0 Å². The summed E-state index contributed by atoms with van der Waals surface area (Å²) in [5.41, 5.74) is 2.00. The Bertz CT molecular complexity index is 1210. The van der Waals surface area contributed by atoms with Crippen molar-refractivity contribution in [2.24, 2.45) is 0 Å². The van der Waals surface area contributed by atoms with E-state index in [1.807, 2.05) is 29.7 Å². The Balaban J connectivity index is 1.42. The molecule has 0 atom stereocenters. The third-order valence-corrected chi connectivity index (χ3v) is 5.43. The summed E-state index contributed by atoms with van der Waals surface area (Å²) < 4.78 is 55.7. The zero-order valence-corrected chi connectivity index (χ0v) is 17.9. The number of aromatic nitrogens is 1. The molecule has 0 radical (unpaired) electrons. The predicted molar refractivity (Wildman–Crippen MR) is 112 cm³/mol. The zero-order valence-electron chi connectivity index (χ0n) is 17.9. The molecule has 0 saturated heterocycles. The third kappa shape index (κ3) is 4.72. The molecular formula is C24H20F3NO5. The quantitative estimate of drug-likeness (QED) is 0.386. The second-order valence-corrected chi connectivity index (χ2v) is 7.63.